The van der Waals surface area contributed by atoms with Gasteiger partial charge in [-0.05, 0) is 18.6 Å². The van der Waals surface area contributed by atoms with E-state index >= 15 is 0 Å². The van der Waals surface area contributed by atoms with Gasteiger partial charge in [0, 0.05) is 13.1 Å². The molecule has 0 radical (unpaired) electrons. The maximum absolute atomic E-state index is 13.7. The van der Waals surface area contributed by atoms with Crippen LogP contribution in [0.3, 0.4) is 0 Å². The first kappa shape index (κ1) is 13.6. The molecule has 2 heterocycles. The molecule has 1 aromatic carbocycles. The van der Waals surface area contributed by atoms with E-state index in [1.165, 1.54) is 21.8 Å². The third kappa shape index (κ3) is 2.87. The van der Waals surface area contributed by atoms with Crippen LogP contribution in [0.5, 0.6) is 0 Å². The number of β-amino-alcohol motifs (C(OH)–C–C–N with tert-alkyl or cyclic N) is 1. The fourth-order valence-corrected chi connectivity index (χ4v) is 2.29. The molecule has 110 valence electrons. The zero-order valence-corrected chi connectivity index (χ0v) is 11.2. The molecule has 0 unspecified atom stereocenters. The molecule has 0 saturated carbocycles. The highest BCUT2D eigenvalue weighted by Gasteiger charge is 2.24. The highest BCUT2D eigenvalue weighted by molar-refractivity contribution is 5.89. The molecule has 7 heteroatoms. The number of aliphatic hydroxyl groups is 1. The van der Waals surface area contributed by atoms with Crippen LogP contribution in [-0.2, 0) is 0 Å². The molecular formula is C14H15FN4O2. The van der Waals surface area contributed by atoms with E-state index < -0.39 is 6.10 Å². The smallest absolute Gasteiger partial charge is 0.322 e. The Morgan fingerprint density at radius 3 is 2.95 bits per heavy atom. The van der Waals surface area contributed by atoms with E-state index in [4.69, 9.17) is 0 Å². The number of hydrogen-bond acceptors (Lipinski definition) is 3. The lowest BCUT2D eigenvalue weighted by atomic mass is 10.3. The predicted molar refractivity (Wildman–Crippen MR) is 74.7 cm³/mol. The summed E-state index contributed by atoms with van der Waals surface area (Å²) in [6, 6.07) is 5.97. The second-order valence-corrected chi connectivity index (χ2v) is 4.94. The molecule has 1 atom stereocenters. The Labute approximate surface area is 120 Å². The van der Waals surface area contributed by atoms with E-state index in [-0.39, 0.29) is 11.8 Å². The minimum Gasteiger partial charge on any atom is -0.391 e. The van der Waals surface area contributed by atoms with E-state index in [2.05, 4.69) is 10.4 Å². The molecule has 2 aromatic rings. The van der Waals surface area contributed by atoms with Gasteiger partial charge >= 0.3 is 6.03 Å². The van der Waals surface area contributed by atoms with E-state index in [0.717, 1.165) is 0 Å². The van der Waals surface area contributed by atoms with Crippen molar-refractivity contribution in [2.75, 3.05) is 18.4 Å². The molecular weight excluding hydrogens is 275 g/mol. The number of amides is 2. The second kappa shape index (κ2) is 5.53. The first-order chi connectivity index (χ1) is 10.1. The van der Waals surface area contributed by atoms with Gasteiger partial charge in [0.2, 0.25) is 0 Å². The number of rotatable bonds is 2. The Bertz CT molecular complexity index is 658. The Morgan fingerprint density at radius 1 is 1.43 bits per heavy atom. The van der Waals surface area contributed by atoms with Crippen LogP contribution in [-0.4, -0.2) is 45.0 Å². The van der Waals surface area contributed by atoms with Crippen LogP contribution in [0.4, 0.5) is 14.9 Å². The molecule has 3 rings (SSSR count). The van der Waals surface area contributed by atoms with Gasteiger partial charge in [0.1, 0.15) is 11.5 Å². The fraction of sp³-hybridized carbons (Fsp3) is 0.286. The number of halogens is 1. The number of likely N-dealkylation sites (tertiary alicyclic amines) is 1. The summed E-state index contributed by atoms with van der Waals surface area (Å²) in [5.74, 6) is -0.388. The molecule has 0 bridgehead atoms. The van der Waals surface area contributed by atoms with Gasteiger partial charge in [-0.25, -0.2) is 13.9 Å². The van der Waals surface area contributed by atoms with Crippen LogP contribution in [0.15, 0.2) is 36.7 Å². The quantitative estimate of drug-likeness (QED) is 0.882. The molecule has 1 aliphatic heterocycles. The zero-order valence-electron chi connectivity index (χ0n) is 11.2. The second-order valence-electron chi connectivity index (χ2n) is 4.94. The number of benzene rings is 1. The first-order valence-corrected chi connectivity index (χ1v) is 6.67. The summed E-state index contributed by atoms with van der Waals surface area (Å²) in [7, 11) is 0. The van der Waals surface area contributed by atoms with Crippen LogP contribution >= 0.6 is 0 Å². The van der Waals surface area contributed by atoms with Gasteiger partial charge < -0.3 is 15.3 Å². The van der Waals surface area contributed by atoms with Gasteiger partial charge in [0.05, 0.1) is 24.2 Å². The van der Waals surface area contributed by atoms with Crippen molar-refractivity contribution in [3.8, 4) is 5.69 Å². The number of carbonyl (C=O) groups excluding carboxylic acids is 1. The minimum absolute atomic E-state index is 0.292. The highest BCUT2D eigenvalue weighted by atomic mass is 19.1. The first-order valence-electron chi connectivity index (χ1n) is 6.67. The van der Waals surface area contributed by atoms with Gasteiger partial charge in [-0.1, -0.05) is 12.1 Å². The SMILES string of the molecule is O=C(Nc1cnn(-c2ccccc2F)c1)N1CC[C@@H](O)C1. The summed E-state index contributed by atoms with van der Waals surface area (Å²) < 4.78 is 15.0. The maximum Gasteiger partial charge on any atom is 0.322 e. The van der Waals surface area contributed by atoms with Gasteiger partial charge in [0.25, 0.3) is 0 Å². The lowest BCUT2D eigenvalue weighted by Crippen LogP contribution is -2.33. The van der Waals surface area contributed by atoms with Crippen molar-refractivity contribution in [3.05, 3.63) is 42.5 Å². The number of aliphatic hydroxyl groups excluding tert-OH is 1. The number of nitrogens with zero attached hydrogens (tertiary/aromatic N) is 3. The van der Waals surface area contributed by atoms with Crippen LogP contribution in [0, 0.1) is 5.82 Å². The normalized spacial score (nSPS) is 18.0. The monoisotopic (exact) mass is 290 g/mol. The Balaban J connectivity index is 1.71. The number of aromatic nitrogens is 2. The van der Waals surface area contributed by atoms with Crippen molar-refractivity contribution in [2.24, 2.45) is 0 Å². The lowest BCUT2D eigenvalue weighted by Gasteiger charge is -2.15. The minimum atomic E-state index is -0.461. The molecule has 1 aliphatic rings. The number of para-hydroxylation sites is 1. The van der Waals surface area contributed by atoms with Crippen molar-refractivity contribution in [1.29, 1.82) is 0 Å². The number of nitrogens with one attached hydrogen (secondary N) is 1. The van der Waals surface area contributed by atoms with Crippen molar-refractivity contribution in [3.63, 3.8) is 0 Å². The Hall–Kier alpha value is -2.41. The van der Waals surface area contributed by atoms with Crippen LogP contribution in [0.2, 0.25) is 0 Å². The molecule has 1 fully saturated rings. The molecule has 2 N–H and O–H groups in total. The number of carbonyl (C=O) groups is 1. The average Bonchev–Trinajstić information content (AvgIpc) is 3.08. The summed E-state index contributed by atoms with van der Waals surface area (Å²) in [5.41, 5.74) is 0.791. The summed E-state index contributed by atoms with van der Waals surface area (Å²) in [4.78, 5) is 13.5. The van der Waals surface area contributed by atoms with Crippen molar-refractivity contribution < 1.29 is 14.3 Å². The topological polar surface area (TPSA) is 70.4 Å². The number of urea groups is 1. The Morgan fingerprint density at radius 2 is 2.24 bits per heavy atom. The molecule has 2 amide bonds. The summed E-state index contributed by atoms with van der Waals surface area (Å²) >= 11 is 0. The number of anilines is 1. The summed E-state index contributed by atoms with van der Waals surface area (Å²) in [6.07, 6.45) is 3.12. The fourth-order valence-electron chi connectivity index (χ4n) is 2.29. The van der Waals surface area contributed by atoms with E-state index in [0.29, 0.717) is 30.9 Å². The van der Waals surface area contributed by atoms with Crippen molar-refractivity contribution >= 4 is 11.7 Å². The van der Waals surface area contributed by atoms with Crippen LogP contribution in [0.1, 0.15) is 6.42 Å². The van der Waals surface area contributed by atoms with E-state index in [1.54, 1.807) is 24.4 Å². The average molecular weight is 290 g/mol. The molecule has 1 saturated heterocycles. The van der Waals surface area contributed by atoms with Gasteiger partial charge in [0.15, 0.2) is 0 Å². The van der Waals surface area contributed by atoms with Crippen molar-refractivity contribution in [2.45, 2.75) is 12.5 Å². The summed E-state index contributed by atoms with van der Waals surface area (Å²) in [6.45, 7) is 0.849. The maximum atomic E-state index is 13.7. The molecule has 0 aliphatic carbocycles. The predicted octanol–water partition coefficient (Wildman–Crippen LogP) is 1.61. The van der Waals surface area contributed by atoms with Gasteiger partial charge in [-0.15, -0.1) is 0 Å². The van der Waals surface area contributed by atoms with Gasteiger partial charge in [-0.2, -0.15) is 5.10 Å². The van der Waals surface area contributed by atoms with E-state index in [9.17, 15) is 14.3 Å². The third-order valence-electron chi connectivity index (χ3n) is 3.38. The standard InChI is InChI=1S/C14H15FN4O2/c15-12-3-1-2-4-13(12)19-8-10(7-16-19)17-14(21)18-6-5-11(20)9-18/h1-4,7-8,11,20H,5-6,9H2,(H,17,21)/t11-/m1/s1. The van der Waals surface area contributed by atoms with Crippen LogP contribution in [0.25, 0.3) is 5.69 Å². The molecule has 0 spiro atoms. The zero-order chi connectivity index (χ0) is 14.8. The largest absolute Gasteiger partial charge is 0.391 e. The van der Waals surface area contributed by atoms with Crippen molar-refractivity contribution in [1.82, 2.24) is 14.7 Å². The van der Waals surface area contributed by atoms with Gasteiger partial charge in [-0.3, -0.25) is 0 Å². The lowest BCUT2D eigenvalue weighted by molar-refractivity contribution is 0.176. The highest BCUT2D eigenvalue weighted by Crippen LogP contribution is 2.16. The summed E-state index contributed by atoms with van der Waals surface area (Å²) in [5, 5.41) is 16.1. The van der Waals surface area contributed by atoms with Crippen LogP contribution < -0.4 is 5.32 Å². The molecule has 1 aromatic heterocycles. The van der Waals surface area contributed by atoms with E-state index in [1.807, 2.05) is 0 Å². The number of hydrogen-bond donors (Lipinski definition) is 2. The molecule has 21 heavy (non-hydrogen) atoms. The molecule has 6 nitrogen and oxygen atoms in total. The Kier molecular flexibility index (Phi) is 3.57. The third-order valence-corrected chi connectivity index (χ3v) is 3.38.